The third-order valence-electron chi connectivity index (χ3n) is 25.6. The van der Waals surface area contributed by atoms with Gasteiger partial charge in [-0.15, -0.1) is 0 Å². The standard InChI is InChI=1S/C115H91BN4/c1-112(2,3)83-55-61-103-95(68-83)96-69-84(113(4,5)6)56-62-104(96)118(103)87-58-60-100-106(73-87)120(111-93(76-39-20-12-21-40-76)70-85(114(7,8)9)71-94(111)77-41-22-13-23-42-77)108-67-80(89-50-34-52-98-109(89)92-49-28-31-51-97(92)115(98,81-43-24-14-25-44-81)82-45-26-15-27-46-82)66-107-110(108)116(100)99-59-57-86(117-101-53-32-29-47-90(101)91-48-30-33-54-102(91)117)72-105(99)119(107)88-64-78(74-35-16-10-17-36-74)63-79(65-88)75-37-18-11-19-38-75/h10-73H,1-9H3/i29D,30D,32D,33D,47D,48D,53D,54D. The van der Waals surface area contributed by atoms with E-state index in [1.165, 1.54) is 33.0 Å². The van der Waals surface area contributed by atoms with Gasteiger partial charge in [0.1, 0.15) is 0 Å². The molecule has 0 radical (unpaired) electrons. The Bertz CT molecular complexity index is 7540. The van der Waals surface area contributed by atoms with E-state index >= 15 is 0 Å². The van der Waals surface area contributed by atoms with Crippen LogP contribution in [0.25, 0.3) is 122 Å². The van der Waals surface area contributed by atoms with Gasteiger partial charge in [0.05, 0.1) is 44.1 Å². The summed E-state index contributed by atoms with van der Waals surface area (Å²) in [6.07, 6.45) is 0. The molecule has 4 heterocycles. The molecular weight excluding hydrogens is 1450 g/mol. The summed E-state index contributed by atoms with van der Waals surface area (Å²) in [6, 6.07) is 122. The molecule has 1 aliphatic carbocycles. The maximum Gasteiger partial charge on any atom is 0.252 e. The Morgan fingerprint density at radius 1 is 0.275 bits per heavy atom. The summed E-state index contributed by atoms with van der Waals surface area (Å²) < 4.78 is 81.0. The Labute approximate surface area is 715 Å². The van der Waals surface area contributed by atoms with Gasteiger partial charge in [-0.25, -0.2) is 0 Å². The smallest absolute Gasteiger partial charge is 0.252 e. The molecule has 0 unspecified atom stereocenters. The predicted molar refractivity (Wildman–Crippen MR) is 510 cm³/mol. The van der Waals surface area contributed by atoms with Crippen LogP contribution in [0.5, 0.6) is 0 Å². The van der Waals surface area contributed by atoms with Gasteiger partial charge in [0.25, 0.3) is 6.71 Å². The van der Waals surface area contributed by atoms with Crippen molar-refractivity contribution < 1.29 is 11.0 Å². The zero-order valence-corrected chi connectivity index (χ0v) is 68.7. The molecule has 22 rings (SSSR count). The maximum atomic E-state index is 10.0. The van der Waals surface area contributed by atoms with Crippen LogP contribution in [0, 0.1) is 0 Å². The van der Waals surface area contributed by atoms with Crippen molar-refractivity contribution in [1.29, 1.82) is 0 Å². The number of para-hydroxylation sites is 2. The minimum absolute atomic E-state index is 0.000649. The summed E-state index contributed by atoms with van der Waals surface area (Å²) >= 11 is 0. The molecule has 19 aromatic rings. The van der Waals surface area contributed by atoms with E-state index < -0.39 is 48.4 Å². The predicted octanol–water partition coefficient (Wildman–Crippen LogP) is 28.6. The van der Waals surface area contributed by atoms with E-state index in [0.29, 0.717) is 5.69 Å². The maximum absolute atomic E-state index is 10.0. The average molecular weight is 1550 g/mol. The molecule has 17 aromatic carbocycles. The monoisotopic (exact) mass is 1550 g/mol. The third-order valence-corrected chi connectivity index (χ3v) is 25.6. The molecule has 0 spiro atoms. The second kappa shape index (κ2) is 27.6. The average Bonchev–Trinajstić information content (AvgIpc) is 1.18. The SMILES string of the molecule is [2H]c1c([2H])c([2H])c2c(c1[2H])c1c([2H])c([2H])c([2H])c([2H])c1n2-c1ccc2c(c1)N(c1cc(-c3ccccc3)cc(-c3ccccc3)c1)c1cc(-c3cccc4c3-c3ccccc3C4(c3ccccc3)c3ccccc3)cc3c1B2c1ccc(-n2c4ccc(C(C)(C)C)cc4c4cc(C(C)(C)C)ccc42)cc1N3c1c(-c2ccccc2)cc(C(C)(C)C)cc1-c1ccccc1. The fraction of sp³-hybridized carbons (Fsp3) is 0.113. The third kappa shape index (κ3) is 11.4. The second-order valence-corrected chi connectivity index (χ2v) is 35.8. The lowest BCUT2D eigenvalue weighted by atomic mass is 9.33. The lowest BCUT2D eigenvalue weighted by molar-refractivity contribution is 0.590. The summed E-state index contributed by atoms with van der Waals surface area (Å²) in [5, 5.41) is 2.34. The minimum Gasteiger partial charge on any atom is -0.311 e. The van der Waals surface area contributed by atoms with Gasteiger partial charge in [0.2, 0.25) is 0 Å². The van der Waals surface area contributed by atoms with E-state index in [0.717, 1.165) is 151 Å². The number of anilines is 6. The zero-order valence-electron chi connectivity index (χ0n) is 76.7. The second-order valence-electron chi connectivity index (χ2n) is 35.8. The van der Waals surface area contributed by atoms with Crippen LogP contribution in [0.1, 0.15) is 112 Å². The van der Waals surface area contributed by atoms with E-state index in [2.05, 4.69) is 398 Å². The molecule has 2 aliphatic heterocycles. The molecule has 120 heavy (non-hydrogen) atoms. The van der Waals surface area contributed by atoms with Crippen molar-refractivity contribution in [1.82, 2.24) is 9.13 Å². The molecule has 0 N–H and O–H groups in total. The van der Waals surface area contributed by atoms with Crippen LogP contribution >= 0.6 is 0 Å². The molecular formula is C115H91BN4. The van der Waals surface area contributed by atoms with Gasteiger partial charge in [-0.05, 0) is 230 Å². The molecule has 3 aliphatic rings. The molecule has 5 heteroatoms. The summed E-state index contributed by atoms with van der Waals surface area (Å²) in [7, 11) is 0. The van der Waals surface area contributed by atoms with Crippen LogP contribution in [-0.4, -0.2) is 15.8 Å². The lowest BCUT2D eigenvalue weighted by Crippen LogP contribution is -2.61. The molecule has 0 fully saturated rings. The van der Waals surface area contributed by atoms with Crippen LogP contribution in [-0.2, 0) is 21.7 Å². The Balaban J connectivity index is 0.949. The summed E-state index contributed by atoms with van der Waals surface area (Å²) in [4.78, 5) is 5.07. The highest BCUT2D eigenvalue weighted by Gasteiger charge is 2.49. The number of nitrogens with zero attached hydrogens (tertiary/aromatic N) is 4. The van der Waals surface area contributed by atoms with Crippen molar-refractivity contribution >= 4 is 101 Å². The fourth-order valence-electron chi connectivity index (χ4n) is 19.9. The van der Waals surface area contributed by atoms with Crippen LogP contribution in [0.15, 0.2) is 388 Å². The van der Waals surface area contributed by atoms with Gasteiger partial charge in [0.15, 0.2) is 0 Å². The Morgan fingerprint density at radius 3 is 1.18 bits per heavy atom. The van der Waals surface area contributed by atoms with Gasteiger partial charge < -0.3 is 18.9 Å². The molecule has 574 valence electrons. The summed E-state index contributed by atoms with van der Waals surface area (Å²) in [5.74, 6) is 0. The number of fused-ring (bicyclic) bond motifs is 13. The highest BCUT2D eigenvalue weighted by Crippen LogP contribution is 2.60. The molecule has 0 saturated heterocycles. The van der Waals surface area contributed by atoms with E-state index in [1.807, 2.05) is 18.2 Å². The van der Waals surface area contributed by atoms with Crippen molar-refractivity contribution in [2.45, 2.75) is 84.0 Å². The van der Waals surface area contributed by atoms with E-state index in [1.54, 1.807) is 4.57 Å². The van der Waals surface area contributed by atoms with Crippen molar-refractivity contribution in [3.8, 4) is 78.1 Å². The Kier molecular flexibility index (Phi) is 14.7. The quantitative estimate of drug-likeness (QED) is 0.120. The summed E-state index contributed by atoms with van der Waals surface area (Å²) in [5.41, 5.74) is 31.0. The highest BCUT2D eigenvalue weighted by molar-refractivity contribution is 7.00. The lowest BCUT2D eigenvalue weighted by Gasteiger charge is -2.45. The highest BCUT2D eigenvalue weighted by atomic mass is 15.2. The number of rotatable bonds is 11. The van der Waals surface area contributed by atoms with Gasteiger partial charge in [-0.1, -0.05) is 347 Å². The number of hydrogen-bond donors (Lipinski definition) is 0. The van der Waals surface area contributed by atoms with E-state index in [9.17, 15) is 11.0 Å². The number of hydrogen-bond acceptors (Lipinski definition) is 2. The van der Waals surface area contributed by atoms with Gasteiger partial charge in [-0.2, -0.15) is 0 Å². The van der Waals surface area contributed by atoms with Gasteiger partial charge in [0, 0.05) is 72.5 Å². The summed E-state index contributed by atoms with van der Waals surface area (Å²) in [6.45, 7) is 20.1. The van der Waals surface area contributed by atoms with Crippen molar-refractivity contribution in [2.24, 2.45) is 0 Å². The van der Waals surface area contributed by atoms with Crippen molar-refractivity contribution in [3.05, 3.63) is 427 Å². The van der Waals surface area contributed by atoms with E-state index in [-0.39, 0.29) is 50.1 Å². The molecule has 4 nitrogen and oxygen atoms in total. The fourth-order valence-corrected chi connectivity index (χ4v) is 19.9. The normalized spacial score (nSPS) is 14.3. The van der Waals surface area contributed by atoms with Crippen molar-refractivity contribution in [2.75, 3.05) is 9.80 Å². The first-order valence-corrected chi connectivity index (χ1v) is 41.8. The molecule has 2 aromatic heterocycles. The zero-order chi connectivity index (χ0) is 88.0. The number of aromatic nitrogens is 2. The molecule has 0 saturated carbocycles. The van der Waals surface area contributed by atoms with Crippen LogP contribution < -0.4 is 26.2 Å². The van der Waals surface area contributed by atoms with E-state index in [4.69, 9.17) is 0 Å². The van der Waals surface area contributed by atoms with Gasteiger partial charge in [-0.3, -0.25) is 0 Å². The van der Waals surface area contributed by atoms with Crippen LogP contribution in [0.4, 0.5) is 34.1 Å². The topological polar surface area (TPSA) is 16.3 Å². The molecule has 0 bridgehead atoms. The Hall–Kier alpha value is -14.0. The van der Waals surface area contributed by atoms with Crippen LogP contribution in [0.3, 0.4) is 0 Å². The Morgan fingerprint density at radius 2 is 0.692 bits per heavy atom. The molecule has 0 atom stereocenters. The largest absolute Gasteiger partial charge is 0.311 e. The first kappa shape index (κ1) is 64.1. The molecule has 0 amide bonds. The minimum atomic E-state index is -0.774. The first-order valence-electron chi connectivity index (χ1n) is 45.8. The number of benzene rings is 17. The first-order chi connectivity index (χ1) is 61.8. The van der Waals surface area contributed by atoms with Crippen LogP contribution in [0.2, 0.25) is 0 Å². The van der Waals surface area contributed by atoms with Crippen molar-refractivity contribution in [3.63, 3.8) is 0 Å². The van der Waals surface area contributed by atoms with Gasteiger partial charge >= 0.3 is 0 Å².